The fraction of sp³-hybridized carbons (Fsp3) is 0.294. The number of nitriles is 1. The van der Waals surface area contributed by atoms with Crippen molar-refractivity contribution in [1.82, 2.24) is 20.0 Å². The number of fused-ring (bicyclic) bond motifs is 6. The summed E-state index contributed by atoms with van der Waals surface area (Å²) in [6.45, 7) is 0.270. The van der Waals surface area contributed by atoms with E-state index in [9.17, 15) is 10.4 Å². The number of anilines is 2. The van der Waals surface area contributed by atoms with E-state index in [1.807, 2.05) is 34.2 Å². The molecule has 1 aromatic heterocycles. The SMILES string of the molecule is N#CN1C=C2N(c3ccccc3C3=NCN(c4noc(C5(O)CC5)n4)N23)C1Cl. The highest BCUT2D eigenvalue weighted by Crippen LogP contribution is 2.46. The first-order valence-electron chi connectivity index (χ1n) is 8.72. The van der Waals surface area contributed by atoms with Crippen molar-refractivity contribution in [3.8, 4) is 6.19 Å². The van der Waals surface area contributed by atoms with E-state index in [2.05, 4.69) is 21.3 Å². The molecule has 0 radical (unpaired) electrons. The minimum Gasteiger partial charge on any atom is -0.380 e. The molecule has 1 saturated carbocycles. The van der Waals surface area contributed by atoms with Gasteiger partial charge in [0.05, 0.1) is 11.9 Å². The Kier molecular flexibility index (Phi) is 2.90. The van der Waals surface area contributed by atoms with Gasteiger partial charge >= 0.3 is 0 Å². The van der Waals surface area contributed by atoms with E-state index < -0.39 is 11.2 Å². The number of benzene rings is 1. The third kappa shape index (κ3) is 1.92. The molecule has 1 aliphatic carbocycles. The van der Waals surface area contributed by atoms with Gasteiger partial charge in [-0.05, 0) is 30.1 Å². The van der Waals surface area contributed by atoms with Crippen LogP contribution in [-0.4, -0.2) is 43.3 Å². The van der Waals surface area contributed by atoms with Crippen molar-refractivity contribution < 1.29 is 9.63 Å². The predicted molar refractivity (Wildman–Crippen MR) is 97.2 cm³/mol. The normalized spacial score (nSPS) is 23.7. The third-order valence-corrected chi connectivity index (χ3v) is 5.65. The Balaban J connectivity index is 1.47. The highest BCUT2D eigenvalue weighted by molar-refractivity contribution is 6.23. The van der Waals surface area contributed by atoms with E-state index in [0.717, 1.165) is 11.3 Å². The van der Waals surface area contributed by atoms with Crippen molar-refractivity contribution in [3.63, 3.8) is 0 Å². The molecule has 0 saturated heterocycles. The fourth-order valence-corrected chi connectivity index (χ4v) is 3.94. The summed E-state index contributed by atoms with van der Waals surface area (Å²) < 4.78 is 5.28. The van der Waals surface area contributed by atoms with Crippen LogP contribution in [0.5, 0.6) is 0 Å². The molecule has 1 N–H and O–H groups in total. The lowest BCUT2D eigenvalue weighted by Crippen LogP contribution is -2.50. The topological polar surface area (TPSA) is 108 Å². The number of amidine groups is 1. The highest BCUT2D eigenvalue weighted by atomic mass is 35.5. The summed E-state index contributed by atoms with van der Waals surface area (Å²) in [5, 5.41) is 27.3. The summed E-state index contributed by atoms with van der Waals surface area (Å²) >= 11 is 6.55. The average Bonchev–Trinajstić information content (AvgIpc) is 3.11. The minimum absolute atomic E-state index is 0.208. The molecule has 1 atom stereocenters. The second-order valence-electron chi connectivity index (χ2n) is 6.96. The maximum absolute atomic E-state index is 10.2. The molecule has 0 bridgehead atoms. The maximum Gasteiger partial charge on any atom is 0.287 e. The van der Waals surface area contributed by atoms with Crippen LogP contribution in [0.4, 0.5) is 11.6 Å². The van der Waals surface area contributed by atoms with Crippen LogP contribution in [0.2, 0.25) is 0 Å². The van der Waals surface area contributed by atoms with E-state index in [4.69, 9.17) is 16.1 Å². The molecule has 2 aromatic rings. The van der Waals surface area contributed by atoms with Gasteiger partial charge in [-0.1, -0.05) is 23.7 Å². The first kappa shape index (κ1) is 15.7. The smallest absolute Gasteiger partial charge is 0.287 e. The lowest BCUT2D eigenvalue weighted by atomic mass is 10.1. The van der Waals surface area contributed by atoms with Gasteiger partial charge in [-0.3, -0.25) is 4.90 Å². The number of aliphatic imine (C=N–C) groups is 1. The van der Waals surface area contributed by atoms with Crippen molar-refractivity contribution in [2.24, 2.45) is 4.99 Å². The van der Waals surface area contributed by atoms with Crippen molar-refractivity contribution in [3.05, 3.63) is 47.7 Å². The molecular formula is C17H13ClN8O2. The van der Waals surface area contributed by atoms with Crippen molar-refractivity contribution in [2.75, 3.05) is 16.6 Å². The summed E-state index contributed by atoms with van der Waals surface area (Å²) in [5.41, 5.74) is 0.0421. The summed E-state index contributed by atoms with van der Waals surface area (Å²) in [6.07, 6.45) is 4.96. The van der Waals surface area contributed by atoms with Gasteiger partial charge in [0.25, 0.3) is 11.8 Å². The number of hydrogen-bond acceptors (Lipinski definition) is 10. The van der Waals surface area contributed by atoms with Gasteiger partial charge in [0.2, 0.25) is 0 Å². The van der Waals surface area contributed by atoms with Crippen LogP contribution in [0.25, 0.3) is 0 Å². The lowest BCUT2D eigenvalue weighted by Gasteiger charge is -2.40. The molecule has 11 heteroatoms. The molecule has 1 fully saturated rings. The monoisotopic (exact) mass is 396 g/mol. The zero-order valence-electron chi connectivity index (χ0n) is 14.4. The number of hydrogen-bond donors (Lipinski definition) is 1. The molecule has 1 aromatic carbocycles. The van der Waals surface area contributed by atoms with Crippen molar-refractivity contribution in [2.45, 2.75) is 24.1 Å². The molecule has 3 aliphatic heterocycles. The Morgan fingerprint density at radius 3 is 2.93 bits per heavy atom. The summed E-state index contributed by atoms with van der Waals surface area (Å²) in [5.74, 6) is 1.86. The minimum atomic E-state index is -1.01. The molecule has 6 rings (SSSR count). The second-order valence-corrected chi connectivity index (χ2v) is 7.35. The number of nitrogens with zero attached hydrogens (tertiary/aromatic N) is 8. The average molecular weight is 397 g/mol. The van der Waals surface area contributed by atoms with Crippen LogP contribution in [0.3, 0.4) is 0 Å². The molecule has 140 valence electrons. The number of halogens is 1. The van der Waals surface area contributed by atoms with Crippen molar-refractivity contribution in [1.29, 1.82) is 5.26 Å². The van der Waals surface area contributed by atoms with E-state index >= 15 is 0 Å². The number of aliphatic hydroxyl groups is 1. The number of hydrazine groups is 1. The summed E-state index contributed by atoms with van der Waals surface area (Å²) in [4.78, 5) is 12.2. The Hall–Kier alpha value is -3.29. The Bertz CT molecular complexity index is 1100. The second kappa shape index (κ2) is 5.15. The lowest BCUT2D eigenvalue weighted by molar-refractivity contribution is 0.108. The van der Waals surface area contributed by atoms with E-state index in [1.54, 1.807) is 11.2 Å². The number of aromatic nitrogens is 2. The standard InChI is InChI=1S/C17H13ClN8O2/c18-15-23(8-19)7-12-25(15)11-4-2-1-3-10(11)13-20-9-24(26(12)13)16-21-14(28-22-16)17(27)5-6-17/h1-4,7,15,27H,5-6,9H2. The van der Waals surface area contributed by atoms with Gasteiger partial charge in [-0.25, -0.2) is 19.9 Å². The molecule has 0 amide bonds. The van der Waals surface area contributed by atoms with Crippen LogP contribution in [-0.2, 0) is 5.60 Å². The highest BCUT2D eigenvalue weighted by Gasteiger charge is 2.50. The number of para-hydroxylation sites is 1. The largest absolute Gasteiger partial charge is 0.380 e. The Labute approximate surface area is 164 Å². The molecule has 10 nitrogen and oxygen atoms in total. The third-order valence-electron chi connectivity index (χ3n) is 5.25. The zero-order valence-corrected chi connectivity index (χ0v) is 15.2. The van der Waals surface area contributed by atoms with Crippen LogP contribution < -0.4 is 9.91 Å². The summed E-state index contributed by atoms with van der Waals surface area (Å²) in [6, 6.07) is 7.73. The van der Waals surface area contributed by atoms with E-state index in [0.29, 0.717) is 24.5 Å². The molecule has 28 heavy (non-hydrogen) atoms. The van der Waals surface area contributed by atoms with Gasteiger partial charge in [0, 0.05) is 5.56 Å². The van der Waals surface area contributed by atoms with Gasteiger partial charge in [0.1, 0.15) is 12.3 Å². The summed E-state index contributed by atoms with van der Waals surface area (Å²) in [7, 11) is 0. The fourth-order valence-electron chi connectivity index (χ4n) is 3.63. The first-order chi connectivity index (χ1) is 13.6. The maximum atomic E-state index is 10.2. The molecule has 4 heterocycles. The Morgan fingerprint density at radius 1 is 1.32 bits per heavy atom. The van der Waals surface area contributed by atoms with Gasteiger partial charge in [-0.2, -0.15) is 10.2 Å². The number of rotatable bonds is 2. The molecular weight excluding hydrogens is 384 g/mol. The van der Waals surface area contributed by atoms with Crippen LogP contribution in [0, 0.1) is 11.5 Å². The molecule has 0 spiro atoms. The first-order valence-corrected chi connectivity index (χ1v) is 9.15. The van der Waals surface area contributed by atoms with E-state index in [1.165, 1.54) is 4.90 Å². The number of alkyl halides is 1. The van der Waals surface area contributed by atoms with Crippen LogP contribution >= 0.6 is 11.6 Å². The van der Waals surface area contributed by atoms with Gasteiger partial charge < -0.3 is 9.63 Å². The van der Waals surface area contributed by atoms with Crippen LogP contribution in [0.1, 0.15) is 24.3 Å². The molecule has 1 unspecified atom stereocenters. The quantitative estimate of drug-likeness (QED) is 0.458. The Morgan fingerprint density at radius 2 is 2.14 bits per heavy atom. The van der Waals surface area contributed by atoms with Gasteiger partial charge in [-0.15, -0.1) is 0 Å². The van der Waals surface area contributed by atoms with Gasteiger partial charge in [0.15, 0.2) is 23.5 Å². The van der Waals surface area contributed by atoms with E-state index in [-0.39, 0.29) is 18.5 Å². The zero-order chi connectivity index (χ0) is 19.0. The molecule has 4 aliphatic rings. The van der Waals surface area contributed by atoms with Crippen LogP contribution in [0.15, 0.2) is 45.8 Å². The predicted octanol–water partition coefficient (Wildman–Crippen LogP) is 1.43. The van der Waals surface area contributed by atoms with Crippen molar-refractivity contribution >= 4 is 29.1 Å².